The molecule has 4 aliphatic rings. The smallest absolute Gasteiger partial charge is 0.251 e. The van der Waals surface area contributed by atoms with Gasteiger partial charge in [-0.1, -0.05) is 6.07 Å². The van der Waals surface area contributed by atoms with E-state index in [9.17, 15) is 4.79 Å². The van der Waals surface area contributed by atoms with Gasteiger partial charge in [0.25, 0.3) is 5.91 Å². The van der Waals surface area contributed by atoms with Crippen molar-refractivity contribution < 1.29 is 4.79 Å². The molecule has 2 aromatic rings. The summed E-state index contributed by atoms with van der Waals surface area (Å²) >= 11 is 0. The second-order valence-electron chi connectivity index (χ2n) is 7.71. The molecule has 0 aliphatic heterocycles. The van der Waals surface area contributed by atoms with Crippen LogP contribution < -0.4 is 5.32 Å². The van der Waals surface area contributed by atoms with E-state index < -0.39 is 0 Å². The molecule has 0 saturated heterocycles. The number of H-pyrrole nitrogens is 1. The molecule has 0 atom stereocenters. The zero-order valence-corrected chi connectivity index (χ0v) is 12.7. The fraction of sp³-hybridized carbons (Fsp3) is 0.526. The lowest BCUT2D eigenvalue weighted by Crippen LogP contribution is -2.55. The van der Waals surface area contributed by atoms with Crippen molar-refractivity contribution in [3.05, 3.63) is 36.0 Å². The average molecular weight is 294 g/mol. The summed E-state index contributed by atoms with van der Waals surface area (Å²) in [5.41, 5.74) is 1.82. The lowest BCUT2D eigenvalue weighted by molar-refractivity contribution is -0.0119. The highest BCUT2D eigenvalue weighted by atomic mass is 16.1. The number of fused-ring (bicyclic) bond motifs is 1. The highest BCUT2D eigenvalue weighted by Crippen LogP contribution is 2.53. The number of amides is 1. The summed E-state index contributed by atoms with van der Waals surface area (Å²) in [4.78, 5) is 15.9. The van der Waals surface area contributed by atoms with Gasteiger partial charge in [-0.2, -0.15) is 0 Å². The minimum Gasteiger partial charge on any atom is -0.361 e. The van der Waals surface area contributed by atoms with E-state index in [-0.39, 0.29) is 5.91 Å². The molecule has 1 aromatic heterocycles. The molecule has 0 radical (unpaired) electrons. The summed E-state index contributed by atoms with van der Waals surface area (Å²) in [6.45, 7) is 0. The second kappa shape index (κ2) is 4.61. The maximum atomic E-state index is 12.7. The Morgan fingerprint density at radius 3 is 2.45 bits per heavy atom. The normalized spacial score (nSPS) is 35.9. The van der Waals surface area contributed by atoms with Gasteiger partial charge in [-0.3, -0.25) is 4.79 Å². The number of carbonyl (C=O) groups excluding carboxylic acids is 1. The number of aromatic nitrogens is 1. The molecule has 1 amide bonds. The summed E-state index contributed by atoms with van der Waals surface area (Å²) < 4.78 is 0. The minimum atomic E-state index is 0.106. The first-order valence-corrected chi connectivity index (χ1v) is 8.64. The average Bonchev–Trinajstić information content (AvgIpc) is 2.97. The van der Waals surface area contributed by atoms with Crippen molar-refractivity contribution >= 4 is 16.8 Å². The van der Waals surface area contributed by atoms with Crippen molar-refractivity contribution in [1.29, 1.82) is 0 Å². The van der Waals surface area contributed by atoms with Gasteiger partial charge in [0.1, 0.15) is 0 Å². The monoisotopic (exact) mass is 294 g/mol. The summed E-state index contributed by atoms with van der Waals surface area (Å²) in [5.74, 6) is 3.47. The fourth-order valence-electron chi connectivity index (χ4n) is 5.58. The Hall–Kier alpha value is -1.77. The molecule has 0 spiro atoms. The zero-order valence-electron chi connectivity index (χ0n) is 12.7. The van der Waals surface area contributed by atoms with Crippen LogP contribution in [0.3, 0.4) is 0 Å². The quantitative estimate of drug-likeness (QED) is 0.871. The predicted molar refractivity (Wildman–Crippen MR) is 86.6 cm³/mol. The molecule has 22 heavy (non-hydrogen) atoms. The number of aromatic amines is 1. The van der Waals surface area contributed by atoms with Crippen LogP contribution in [0.4, 0.5) is 0 Å². The molecule has 4 saturated carbocycles. The SMILES string of the molecule is O=C(NC1C2CC3CC(C2)CC1C3)c1ccc2cc[nH]c2c1. The van der Waals surface area contributed by atoms with E-state index in [1.165, 1.54) is 32.1 Å². The molecule has 1 heterocycles. The zero-order chi connectivity index (χ0) is 14.7. The minimum absolute atomic E-state index is 0.106. The van der Waals surface area contributed by atoms with Crippen LogP contribution in [0.25, 0.3) is 10.9 Å². The van der Waals surface area contributed by atoms with E-state index in [2.05, 4.69) is 10.3 Å². The number of rotatable bonds is 2. The Kier molecular flexibility index (Phi) is 2.67. The molecule has 3 heteroatoms. The Balaban J connectivity index is 1.38. The van der Waals surface area contributed by atoms with Crippen LogP contribution in [0.2, 0.25) is 0 Å². The van der Waals surface area contributed by atoms with Gasteiger partial charge in [0.2, 0.25) is 0 Å². The lowest BCUT2D eigenvalue weighted by atomic mass is 9.54. The molecular weight excluding hydrogens is 272 g/mol. The van der Waals surface area contributed by atoms with Crippen molar-refractivity contribution in [2.24, 2.45) is 23.7 Å². The second-order valence-corrected chi connectivity index (χ2v) is 7.71. The van der Waals surface area contributed by atoms with Crippen molar-refractivity contribution in [2.75, 3.05) is 0 Å². The maximum absolute atomic E-state index is 12.7. The van der Waals surface area contributed by atoms with E-state index in [0.717, 1.165) is 40.1 Å². The molecule has 3 nitrogen and oxygen atoms in total. The molecule has 114 valence electrons. The first-order chi connectivity index (χ1) is 10.8. The van der Waals surface area contributed by atoms with E-state index in [0.29, 0.717) is 6.04 Å². The summed E-state index contributed by atoms with van der Waals surface area (Å²) in [5, 5.41) is 4.54. The Morgan fingerprint density at radius 1 is 1.00 bits per heavy atom. The first kappa shape index (κ1) is 12.7. The van der Waals surface area contributed by atoms with Crippen LogP contribution >= 0.6 is 0 Å². The van der Waals surface area contributed by atoms with E-state index in [4.69, 9.17) is 0 Å². The Bertz CT molecular complexity index is 704. The first-order valence-electron chi connectivity index (χ1n) is 8.64. The molecule has 4 fully saturated rings. The van der Waals surface area contributed by atoms with Crippen LogP contribution in [0.1, 0.15) is 42.5 Å². The van der Waals surface area contributed by atoms with Gasteiger partial charge in [-0.25, -0.2) is 0 Å². The highest BCUT2D eigenvalue weighted by molar-refractivity contribution is 5.98. The maximum Gasteiger partial charge on any atom is 0.251 e. The van der Waals surface area contributed by atoms with Gasteiger partial charge in [0, 0.05) is 23.3 Å². The number of hydrogen-bond donors (Lipinski definition) is 2. The fourth-order valence-corrected chi connectivity index (χ4v) is 5.58. The summed E-state index contributed by atoms with van der Waals surface area (Å²) in [6.07, 6.45) is 8.74. The molecule has 1 aromatic carbocycles. The standard InChI is InChI=1S/C19H22N2O/c22-19(14-2-1-13-3-4-20-17(13)10-14)21-18-15-6-11-5-12(8-15)9-16(18)7-11/h1-4,10-12,15-16,18,20H,5-9H2,(H,21,22). The van der Waals surface area contributed by atoms with Gasteiger partial charge in [-0.15, -0.1) is 0 Å². The number of carbonyl (C=O) groups is 1. The highest BCUT2D eigenvalue weighted by Gasteiger charge is 2.48. The van der Waals surface area contributed by atoms with Crippen LogP contribution in [0.5, 0.6) is 0 Å². The molecule has 0 unspecified atom stereocenters. The van der Waals surface area contributed by atoms with Gasteiger partial charge < -0.3 is 10.3 Å². The van der Waals surface area contributed by atoms with Crippen LogP contribution in [-0.4, -0.2) is 16.9 Å². The molecular formula is C19H22N2O. The predicted octanol–water partition coefficient (Wildman–Crippen LogP) is 3.72. The summed E-state index contributed by atoms with van der Waals surface area (Å²) in [7, 11) is 0. The topological polar surface area (TPSA) is 44.9 Å². The van der Waals surface area contributed by atoms with Gasteiger partial charge in [0.05, 0.1) is 0 Å². The van der Waals surface area contributed by atoms with Crippen molar-refractivity contribution in [3.63, 3.8) is 0 Å². The van der Waals surface area contributed by atoms with Gasteiger partial charge in [-0.05, 0) is 79.4 Å². The lowest BCUT2D eigenvalue weighted by Gasteiger charge is -2.54. The van der Waals surface area contributed by atoms with Crippen LogP contribution in [-0.2, 0) is 0 Å². The van der Waals surface area contributed by atoms with Crippen molar-refractivity contribution in [3.8, 4) is 0 Å². The van der Waals surface area contributed by atoms with E-state index >= 15 is 0 Å². The molecule has 6 rings (SSSR count). The molecule has 4 aliphatic carbocycles. The Labute approximate surface area is 130 Å². The number of hydrogen-bond acceptors (Lipinski definition) is 1. The third-order valence-corrected chi connectivity index (χ3v) is 6.34. The summed E-state index contributed by atoms with van der Waals surface area (Å²) in [6, 6.07) is 8.40. The van der Waals surface area contributed by atoms with Crippen molar-refractivity contribution in [1.82, 2.24) is 10.3 Å². The largest absolute Gasteiger partial charge is 0.361 e. The van der Waals surface area contributed by atoms with E-state index in [1.807, 2.05) is 30.5 Å². The third-order valence-electron chi connectivity index (χ3n) is 6.34. The third kappa shape index (κ3) is 1.91. The van der Waals surface area contributed by atoms with Gasteiger partial charge >= 0.3 is 0 Å². The molecule has 4 bridgehead atoms. The molecule has 2 N–H and O–H groups in total. The Morgan fingerprint density at radius 2 is 1.73 bits per heavy atom. The van der Waals surface area contributed by atoms with Crippen molar-refractivity contribution in [2.45, 2.75) is 38.1 Å². The van der Waals surface area contributed by atoms with Crippen LogP contribution in [0.15, 0.2) is 30.5 Å². The van der Waals surface area contributed by atoms with Gasteiger partial charge in [0.15, 0.2) is 0 Å². The number of nitrogens with one attached hydrogen (secondary N) is 2. The van der Waals surface area contributed by atoms with E-state index in [1.54, 1.807) is 0 Å². The van der Waals surface area contributed by atoms with Crippen LogP contribution in [0, 0.1) is 23.7 Å². The number of benzene rings is 1.